The van der Waals surface area contributed by atoms with Gasteiger partial charge in [0, 0.05) is 12.6 Å². The minimum Gasteiger partial charge on any atom is -0.370 e. The Labute approximate surface area is 170 Å². The van der Waals surface area contributed by atoms with Crippen LogP contribution in [0.2, 0.25) is 0 Å². The monoisotopic (exact) mass is 458 g/mol. The maximum atomic E-state index is 5.81. The van der Waals surface area contributed by atoms with Gasteiger partial charge < -0.3 is 16.0 Å². The summed E-state index contributed by atoms with van der Waals surface area (Å²) in [5, 5.41) is 3.13. The van der Waals surface area contributed by atoms with Crippen molar-refractivity contribution in [2.75, 3.05) is 26.2 Å². The van der Waals surface area contributed by atoms with E-state index in [4.69, 9.17) is 5.73 Å². The minimum atomic E-state index is 0. The molecule has 0 aliphatic carbocycles. The molecule has 0 spiro atoms. The number of unbranched alkanes of at least 4 members (excludes halogenated alkanes) is 1. The molecule has 0 bridgehead atoms. The van der Waals surface area contributed by atoms with E-state index in [0.29, 0.717) is 12.0 Å². The van der Waals surface area contributed by atoms with Crippen LogP contribution in [0, 0.1) is 5.92 Å². The predicted molar refractivity (Wildman–Crippen MR) is 119 cm³/mol. The number of hydrogen-bond acceptors (Lipinski definition) is 2. The van der Waals surface area contributed by atoms with Crippen LogP contribution in [0.25, 0.3) is 0 Å². The van der Waals surface area contributed by atoms with Crippen LogP contribution in [0.1, 0.15) is 45.1 Å². The largest absolute Gasteiger partial charge is 0.370 e. The Bertz CT molecular complexity index is 482. The van der Waals surface area contributed by atoms with Crippen LogP contribution in [0.5, 0.6) is 0 Å². The summed E-state index contributed by atoms with van der Waals surface area (Å²) < 4.78 is 0. The van der Waals surface area contributed by atoms with E-state index in [1.165, 1.54) is 50.9 Å². The highest BCUT2D eigenvalue weighted by atomic mass is 127. The second kappa shape index (κ2) is 12.5. The Balaban J connectivity index is 0.00000312. The summed E-state index contributed by atoms with van der Waals surface area (Å²) >= 11 is 0. The van der Waals surface area contributed by atoms with Gasteiger partial charge in [-0.25, -0.2) is 0 Å². The highest BCUT2D eigenvalue weighted by Crippen LogP contribution is 2.21. The number of nitrogens with two attached hydrogens (primary N) is 1. The molecule has 0 radical (unpaired) electrons. The number of hydrogen-bond donors (Lipinski definition) is 2. The van der Waals surface area contributed by atoms with Crippen LogP contribution in [-0.4, -0.2) is 43.1 Å². The Hall–Kier alpha value is -0.820. The molecule has 1 saturated heterocycles. The maximum absolute atomic E-state index is 5.81. The molecular weight excluding hydrogens is 423 g/mol. The average molecular weight is 458 g/mol. The molecule has 1 aromatic rings. The van der Waals surface area contributed by atoms with E-state index in [1.807, 2.05) is 0 Å². The van der Waals surface area contributed by atoms with Gasteiger partial charge in [0.05, 0.1) is 0 Å². The summed E-state index contributed by atoms with van der Waals surface area (Å²) in [5.41, 5.74) is 7.29. The normalized spacial score (nSPS) is 16.7. The second-order valence-electron chi connectivity index (χ2n) is 7.25. The average Bonchev–Trinajstić information content (AvgIpc) is 2.56. The first-order chi connectivity index (χ1) is 11.6. The molecule has 0 atom stereocenters. The summed E-state index contributed by atoms with van der Waals surface area (Å²) in [6.07, 6.45) is 6.23. The van der Waals surface area contributed by atoms with E-state index >= 15 is 0 Å². The summed E-state index contributed by atoms with van der Waals surface area (Å²) in [7, 11) is 0. The van der Waals surface area contributed by atoms with Crippen LogP contribution >= 0.6 is 24.0 Å². The molecule has 1 aliphatic rings. The molecular formula is C20H35IN4. The molecule has 2 rings (SSSR count). The number of nitrogens with zero attached hydrogens (tertiary/aromatic N) is 2. The smallest absolute Gasteiger partial charge is 0.188 e. The Kier molecular flexibility index (Phi) is 11.1. The Morgan fingerprint density at radius 1 is 1.20 bits per heavy atom. The maximum Gasteiger partial charge on any atom is 0.188 e. The number of likely N-dealkylation sites (tertiary alicyclic amines) is 1. The highest BCUT2D eigenvalue weighted by molar-refractivity contribution is 14.0. The summed E-state index contributed by atoms with van der Waals surface area (Å²) in [6, 6.07) is 11.3. The van der Waals surface area contributed by atoms with Gasteiger partial charge in [-0.2, -0.15) is 0 Å². The van der Waals surface area contributed by atoms with Gasteiger partial charge in [0.15, 0.2) is 5.96 Å². The van der Waals surface area contributed by atoms with Gasteiger partial charge in [-0.05, 0) is 77.1 Å². The highest BCUT2D eigenvalue weighted by Gasteiger charge is 2.18. The van der Waals surface area contributed by atoms with Crippen molar-refractivity contribution in [2.24, 2.45) is 16.6 Å². The van der Waals surface area contributed by atoms with Gasteiger partial charge in [0.25, 0.3) is 0 Å². The van der Waals surface area contributed by atoms with Crippen molar-refractivity contribution in [1.29, 1.82) is 0 Å². The lowest BCUT2D eigenvalue weighted by Crippen LogP contribution is -2.37. The molecule has 1 fully saturated rings. The lowest BCUT2D eigenvalue weighted by Gasteiger charge is -2.32. The van der Waals surface area contributed by atoms with E-state index in [-0.39, 0.29) is 24.0 Å². The summed E-state index contributed by atoms with van der Waals surface area (Å²) in [6.45, 7) is 8.67. The van der Waals surface area contributed by atoms with E-state index in [0.717, 1.165) is 18.9 Å². The first-order valence-corrected chi connectivity index (χ1v) is 9.46. The number of halogens is 1. The summed E-state index contributed by atoms with van der Waals surface area (Å²) in [5.74, 6) is 1.43. The van der Waals surface area contributed by atoms with Gasteiger partial charge in [0.2, 0.25) is 0 Å². The first kappa shape index (κ1) is 22.2. The molecule has 1 heterocycles. The zero-order valence-electron chi connectivity index (χ0n) is 15.8. The molecule has 0 unspecified atom stereocenters. The second-order valence-corrected chi connectivity index (χ2v) is 7.25. The fourth-order valence-corrected chi connectivity index (χ4v) is 3.35. The number of guanidine groups is 1. The number of rotatable bonds is 8. The van der Waals surface area contributed by atoms with Crippen LogP contribution in [0.4, 0.5) is 0 Å². The predicted octanol–water partition coefficient (Wildman–Crippen LogP) is 3.65. The topological polar surface area (TPSA) is 53.6 Å². The number of piperidine rings is 1. The van der Waals surface area contributed by atoms with Crippen molar-refractivity contribution in [3.8, 4) is 0 Å². The molecule has 5 heteroatoms. The SMILES string of the molecule is CC(C)NC(N)=NCCCCN1CCC(Cc2ccccc2)CC1.I. The Morgan fingerprint density at radius 3 is 2.52 bits per heavy atom. The lowest BCUT2D eigenvalue weighted by atomic mass is 9.90. The molecule has 0 amide bonds. The van der Waals surface area contributed by atoms with Gasteiger partial charge in [-0.15, -0.1) is 24.0 Å². The van der Waals surface area contributed by atoms with Gasteiger partial charge in [-0.3, -0.25) is 4.99 Å². The molecule has 3 N–H and O–H groups in total. The van der Waals surface area contributed by atoms with E-state index in [1.54, 1.807) is 0 Å². The third-order valence-corrected chi connectivity index (χ3v) is 4.68. The van der Waals surface area contributed by atoms with Crippen molar-refractivity contribution in [3.63, 3.8) is 0 Å². The molecule has 25 heavy (non-hydrogen) atoms. The van der Waals surface area contributed by atoms with Gasteiger partial charge >= 0.3 is 0 Å². The third-order valence-electron chi connectivity index (χ3n) is 4.68. The number of aliphatic imine (C=N–C) groups is 1. The molecule has 1 aromatic carbocycles. The van der Waals surface area contributed by atoms with Crippen molar-refractivity contribution < 1.29 is 0 Å². The quantitative estimate of drug-likeness (QED) is 0.271. The van der Waals surface area contributed by atoms with E-state index in [2.05, 4.69) is 59.4 Å². The van der Waals surface area contributed by atoms with Crippen molar-refractivity contribution >= 4 is 29.9 Å². The van der Waals surface area contributed by atoms with Crippen molar-refractivity contribution in [2.45, 2.75) is 52.0 Å². The standard InChI is InChI=1S/C20H34N4.HI/c1-17(2)23-20(21)22-12-6-7-13-24-14-10-19(11-15-24)16-18-8-4-3-5-9-18;/h3-5,8-9,17,19H,6-7,10-16H2,1-2H3,(H3,21,22,23);1H. The zero-order chi connectivity index (χ0) is 17.2. The molecule has 0 saturated carbocycles. The fourth-order valence-electron chi connectivity index (χ4n) is 3.35. The number of nitrogens with one attached hydrogen (secondary N) is 1. The Morgan fingerprint density at radius 2 is 1.88 bits per heavy atom. The van der Waals surface area contributed by atoms with Crippen molar-refractivity contribution in [3.05, 3.63) is 35.9 Å². The van der Waals surface area contributed by atoms with Gasteiger partial charge in [-0.1, -0.05) is 30.3 Å². The van der Waals surface area contributed by atoms with E-state index < -0.39 is 0 Å². The van der Waals surface area contributed by atoms with E-state index in [9.17, 15) is 0 Å². The molecule has 142 valence electrons. The van der Waals surface area contributed by atoms with Crippen LogP contribution in [0.15, 0.2) is 35.3 Å². The molecule has 1 aliphatic heterocycles. The number of benzene rings is 1. The fraction of sp³-hybridized carbons (Fsp3) is 0.650. The van der Waals surface area contributed by atoms with Crippen LogP contribution < -0.4 is 11.1 Å². The summed E-state index contributed by atoms with van der Waals surface area (Å²) in [4.78, 5) is 6.98. The first-order valence-electron chi connectivity index (χ1n) is 9.46. The molecule has 0 aromatic heterocycles. The van der Waals surface area contributed by atoms with Crippen LogP contribution in [-0.2, 0) is 6.42 Å². The van der Waals surface area contributed by atoms with Crippen LogP contribution in [0.3, 0.4) is 0 Å². The molecule has 4 nitrogen and oxygen atoms in total. The van der Waals surface area contributed by atoms with Gasteiger partial charge in [0.1, 0.15) is 0 Å². The lowest BCUT2D eigenvalue weighted by molar-refractivity contribution is 0.181. The third kappa shape index (κ3) is 9.45. The van der Waals surface area contributed by atoms with Crippen molar-refractivity contribution in [1.82, 2.24) is 10.2 Å². The zero-order valence-corrected chi connectivity index (χ0v) is 18.1. The minimum absolute atomic E-state index is 0.